The zero-order valence-corrected chi connectivity index (χ0v) is 16.1. The molecule has 0 radical (unpaired) electrons. The van der Waals surface area contributed by atoms with Gasteiger partial charge in [-0.15, -0.1) is 0 Å². The number of methoxy groups -OCH3 is 1. The minimum atomic E-state index is 0.205. The maximum absolute atomic E-state index is 10.3. The fourth-order valence-electron chi connectivity index (χ4n) is 3.63. The van der Waals surface area contributed by atoms with Gasteiger partial charge in [-0.3, -0.25) is 0 Å². The van der Waals surface area contributed by atoms with Crippen LogP contribution in [0.1, 0.15) is 5.56 Å². The molecule has 0 amide bonds. The summed E-state index contributed by atoms with van der Waals surface area (Å²) in [6.07, 6.45) is 0. The number of fused-ring (bicyclic) bond motifs is 1. The number of hydrogen-bond donors (Lipinski definition) is 1. The highest BCUT2D eigenvalue weighted by Crippen LogP contribution is 2.34. The standard InChI is InChI=1S/C22H25N3O2/c1-15-12-21(19-14-17(27-3)5-7-22(19)26)23-20-6-4-16(13-18(15)20)25-10-8-24(2)9-11-25/h4-7,12-14,26H,8-11H2,1-3H3. The summed E-state index contributed by atoms with van der Waals surface area (Å²) in [5.41, 5.74) is 4.77. The molecular weight excluding hydrogens is 338 g/mol. The third kappa shape index (κ3) is 3.43. The fraction of sp³-hybridized carbons (Fsp3) is 0.318. The molecule has 5 nitrogen and oxygen atoms in total. The van der Waals surface area contributed by atoms with Gasteiger partial charge in [-0.2, -0.15) is 0 Å². The first-order valence-corrected chi connectivity index (χ1v) is 9.27. The number of rotatable bonds is 3. The Labute approximate surface area is 159 Å². The number of likely N-dealkylation sites (N-methyl/N-ethyl adjacent to an activating group) is 1. The Morgan fingerprint density at radius 1 is 1.00 bits per heavy atom. The van der Waals surface area contributed by atoms with Crippen LogP contribution in [0.2, 0.25) is 0 Å². The van der Waals surface area contributed by atoms with E-state index in [0.717, 1.165) is 48.3 Å². The van der Waals surface area contributed by atoms with Crippen LogP contribution >= 0.6 is 0 Å². The number of hydrogen-bond acceptors (Lipinski definition) is 5. The summed E-state index contributed by atoms with van der Waals surface area (Å²) in [5.74, 6) is 0.906. The van der Waals surface area contributed by atoms with Gasteiger partial charge in [0.1, 0.15) is 11.5 Å². The molecule has 0 bridgehead atoms. The van der Waals surface area contributed by atoms with Crippen LogP contribution in [-0.4, -0.2) is 55.3 Å². The van der Waals surface area contributed by atoms with E-state index in [1.165, 1.54) is 5.69 Å². The summed E-state index contributed by atoms with van der Waals surface area (Å²) in [6.45, 7) is 6.36. The molecule has 1 saturated heterocycles. The fourth-order valence-corrected chi connectivity index (χ4v) is 3.63. The number of nitrogens with zero attached hydrogens (tertiary/aromatic N) is 3. The molecule has 1 aliphatic rings. The van der Waals surface area contributed by atoms with Crippen LogP contribution in [-0.2, 0) is 0 Å². The molecule has 0 aliphatic carbocycles. The molecule has 1 aromatic heterocycles. The molecule has 0 saturated carbocycles. The molecule has 3 aromatic rings. The van der Waals surface area contributed by atoms with Crippen LogP contribution in [0.4, 0.5) is 5.69 Å². The molecule has 0 unspecified atom stereocenters. The van der Waals surface area contributed by atoms with Crippen LogP contribution in [0.15, 0.2) is 42.5 Å². The van der Waals surface area contributed by atoms with Crippen LogP contribution in [0, 0.1) is 6.92 Å². The van der Waals surface area contributed by atoms with E-state index in [1.54, 1.807) is 19.2 Å². The zero-order chi connectivity index (χ0) is 19.0. The molecule has 1 aliphatic heterocycles. The molecule has 140 valence electrons. The van der Waals surface area contributed by atoms with E-state index >= 15 is 0 Å². The predicted molar refractivity (Wildman–Crippen MR) is 110 cm³/mol. The van der Waals surface area contributed by atoms with Crippen molar-refractivity contribution >= 4 is 16.6 Å². The van der Waals surface area contributed by atoms with Crippen molar-refractivity contribution < 1.29 is 9.84 Å². The van der Waals surface area contributed by atoms with Gasteiger partial charge < -0.3 is 19.6 Å². The predicted octanol–water partition coefficient (Wildman–Crippen LogP) is 3.68. The number of aromatic nitrogens is 1. The van der Waals surface area contributed by atoms with Crippen LogP contribution in [0.3, 0.4) is 0 Å². The summed E-state index contributed by atoms with van der Waals surface area (Å²) >= 11 is 0. The van der Waals surface area contributed by atoms with E-state index in [9.17, 15) is 5.11 Å². The number of benzene rings is 2. The van der Waals surface area contributed by atoms with Gasteiger partial charge in [0.2, 0.25) is 0 Å². The Bertz CT molecular complexity index is 979. The molecule has 0 atom stereocenters. The lowest BCUT2D eigenvalue weighted by molar-refractivity contribution is 0.313. The van der Waals surface area contributed by atoms with Crippen molar-refractivity contribution in [1.29, 1.82) is 0 Å². The van der Waals surface area contributed by atoms with E-state index in [-0.39, 0.29) is 5.75 Å². The second-order valence-electron chi connectivity index (χ2n) is 7.20. The monoisotopic (exact) mass is 363 g/mol. The second-order valence-corrected chi connectivity index (χ2v) is 7.20. The van der Waals surface area contributed by atoms with Gasteiger partial charge in [0.15, 0.2) is 0 Å². The van der Waals surface area contributed by atoms with Gasteiger partial charge in [0.25, 0.3) is 0 Å². The first-order chi connectivity index (χ1) is 13.0. The maximum Gasteiger partial charge on any atom is 0.125 e. The van der Waals surface area contributed by atoms with E-state index in [2.05, 4.69) is 42.0 Å². The third-order valence-electron chi connectivity index (χ3n) is 5.35. The van der Waals surface area contributed by atoms with Gasteiger partial charge in [0, 0.05) is 42.8 Å². The second kappa shape index (κ2) is 7.08. The van der Waals surface area contributed by atoms with Crippen molar-refractivity contribution in [2.45, 2.75) is 6.92 Å². The van der Waals surface area contributed by atoms with Gasteiger partial charge in [-0.1, -0.05) is 0 Å². The largest absolute Gasteiger partial charge is 0.507 e. The van der Waals surface area contributed by atoms with Crippen molar-refractivity contribution in [1.82, 2.24) is 9.88 Å². The van der Waals surface area contributed by atoms with Gasteiger partial charge in [-0.05, 0) is 62.0 Å². The number of aromatic hydroxyl groups is 1. The highest BCUT2D eigenvalue weighted by Gasteiger charge is 2.16. The van der Waals surface area contributed by atoms with Crippen molar-refractivity contribution in [2.24, 2.45) is 0 Å². The molecule has 4 rings (SSSR count). The molecule has 2 heterocycles. The Kier molecular flexibility index (Phi) is 4.62. The van der Waals surface area contributed by atoms with Crippen LogP contribution < -0.4 is 9.64 Å². The Morgan fingerprint density at radius 2 is 1.78 bits per heavy atom. The van der Waals surface area contributed by atoms with Gasteiger partial charge >= 0.3 is 0 Å². The highest BCUT2D eigenvalue weighted by atomic mass is 16.5. The van der Waals surface area contributed by atoms with Crippen molar-refractivity contribution in [3.8, 4) is 22.8 Å². The summed E-state index contributed by atoms with van der Waals surface area (Å²) in [5, 5.41) is 11.4. The average molecular weight is 363 g/mol. The number of aryl methyl sites for hydroxylation is 1. The van der Waals surface area contributed by atoms with E-state index < -0.39 is 0 Å². The summed E-state index contributed by atoms with van der Waals surface area (Å²) in [6, 6.07) is 13.7. The topological polar surface area (TPSA) is 48.8 Å². The quantitative estimate of drug-likeness (QED) is 0.769. The first-order valence-electron chi connectivity index (χ1n) is 9.27. The minimum absolute atomic E-state index is 0.205. The summed E-state index contributed by atoms with van der Waals surface area (Å²) in [7, 11) is 3.79. The Morgan fingerprint density at radius 3 is 2.52 bits per heavy atom. The highest BCUT2D eigenvalue weighted by molar-refractivity contribution is 5.88. The number of pyridine rings is 1. The lowest BCUT2D eigenvalue weighted by atomic mass is 10.0. The molecule has 5 heteroatoms. The van der Waals surface area contributed by atoms with Crippen LogP contribution in [0.25, 0.3) is 22.2 Å². The normalized spacial score (nSPS) is 15.3. The molecule has 1 fully saturated rings. The summed E-state index contributed by atoms with van der Waals surface area (Å²) < 4.78 is 5.29. The number of piperazine rings is 1. The molecule has 0 spiro atoms. The summed E-state index contributed by atoms with van der Waals surface area (Å²) in [4.78, 5) is 9.59. The molecule has 1 N–H and O–H groups in total. The number of anilines is 1. The van der Waals surface area contributed by atoms with Crippen molar-refractivity contribution in [3.63, 3.8) is 0 Å². The van der Waals surface area contributed by atoms with E-state index in [1.807, 2.05) is 12.1 Å². The smallest absolute Gasteiger partial charge is 0.125 e. The lowest BCUT2D eigenvalue weighted by Gasteiger charge is -2.34. The van der Waals surface area contributed by atoms with Gasteiger partial charge in [-0.25, -0.2) is 4.98 Å². The SMILES string of the molecule is COc1ccc(O)c(-c2cc(C)c3cc(N4CCN(C)CC4)ccc3n2)c1. The number of phenols is 1. The Hall–Kier alpha value is -2.79. The molecular formula is C22H25N3O2. The number of phenolic OH excluding ortho intramolecular Hbond substituents is 1. The number of ether oxygens (including phenoxy) is 1. The molecule has 2 aromatic carbocycles. The lowest BCUT2D eigenvalue weighted by Crippen LogP contribution is -2.44. The van der Waals surface area contributed by atoms with E-state index in [4.69, 9.17) is 9.72 Å². The average Bonchev–Trinajstić information content (AvgIpc) is 2.69. The third-order valence-corrected chi connectivity index (χ3v) is 5.35. The van der Waals surface area contributed by atoms with Crippen molar-refractivity contribution in [3.05, 3.63) is 48.0 Å². The van der Waals surface area contributed by atoms with Gasteiger partial charge in [0.05, 0.1) is 18.3 Å². The zero-order valence-electron chi connectivity index (χ0n) is 16.1. The van der Waals surface area contributed by atoms with E-state index in [0.29, 0.717) is 11.3 Å². The Balaban J connectivity index is 1.74. The van der Waals surface area contributed by atoms with Crippen molar-refractivity contribution in [2.75, 3.05) is 45.2 Å². The molecule has 27 heavy (non-hydrogen) atoms. The maximum atomic E-state index is 10.3. The first kappa shape index (κ1) is 17.6. The minimum Gasteiger partial charge on any atom is -0.507 e. The van der Waals surface area contributed by atoms with Crippen LogP contribution in [0.5, 0.6) is 11.5 Å².